The number of hydrogen-bond acceptors (Lipinski definition) is 13. The highest BCUT2D eigenvalue weighted by Gasteiger charge is 2.25. The minimum Gasteiger partial charge on any atom is -0.478 e. The van der Waals surface area contributed by atoms with Crippen LogP contribution in [0.4, 0.5) is 0 Å². The lowest BCUT2D eigenvalue weighted by Gasteiger charge is -2.19. The molecule has 0 aliphatic carbocycles. The summed E-state index contributed by atoms with van der Waals surface area (Å²) in [5, 5.41) is 29.8. The first-order valence-electron chi connectivity index (χ1n) is 37.4. The fourth-order valence-corrected chi connectivity index (χ4v) is 13.4. The first-order chi connectivity index (χ1) is 55.8. The average Bonchev–Trinajstić information content (AvgIpc) is 1.74. The molecular weight excluding hydrogens is 1540 g/mol. The molecule has 14 nitrogen and oxygen atoms in total. The lowest BCUT2D eigenvalue weighted by Crippen LogP contribution is -2.22. The van der Waals surface area contributed by atoms with Gasteiger partial charge in [0, 0.05) is 94.9 Å². The van der Waals surface area contributed by atoms with Crippen LogP contribution >= 0.6 is 46.4 Å². The first-order valence-corrected chi connectivity index (χ1v) is 38.9. The molecule has 0 amide bonds. The second kappa shape index (κ2) is 44.1. The molecule has 5 atom stereocenters. The molecule has 5 unspecified atom stereocenters. The van der Waals surface area contributed by atoms with Crippen LogP contribution in [0, 0.1) is 6.92 Å². The summed E-state index contributed by atoms with van der Waals surface area (Å²) in [6, 6.07) is 94.0. The van der Waals surface area contributed by atoms with Crippen molar-refractivity contribution in [3.63, 3.8) is 0 Å². The number of aliphatic hydroxyl groups is 2. The number of oxazole rings is 1. The van der Waals surface area contributed by atoms with E-state index in [1.54, 1.807) is 159 Å². The van der Waals surface area contributed by atoms with Crippen molar-refractivity contribution in [2.24, 2.45) is 5.73 Å². The molecule has 0 bridgehead atoms. The van der Waals surface area contributed by atoms with Gasteiger partial charge in [-0.1, -0.05) is 289 Å². The Kier molecular flexibility index (Phi) is 33.4. The maximum Gasteiger partial charge on any atom is 0.335 e. The van der Waals surface area contributed by atoms with Crippen molar-refractivity contribution < 1.29 is 58.1 Å². The number of aromatic nitrogens is 1. The molecule has 1 aromatic heterocycles. The van der Waals surface area contributed by atoms with Gasteiger partial charge in [-0.25, -0.2) is 9.78 Å². The van der Waals surface area contributed by atoms with Gasteiger partial charge in [-0.3, -0.25) is 33.6 Å². The molecule has 12 aromatic carbocycles. The van der Waals surface area contributed by atoms with Crippen molar-refractivity contribution in [3.8, 4) is 22.7 Å². The number of aromatic carboxylic acids is 1. The summed E-state index contributed by atoms with van der Waals surface area (Å²) >= 11 is 24.2. The van der Waals surface area contributed by atoms with Crippen LogP contribution in [0.25, 0.3) is 22.7 Å². The van der Waals surface area contributed by atoms with Gasteiger partial charge in [-0.05, 0) is 139 Å². The van der Waals surface area contributed by atoms with Crippen LogP contribution in [0.1, 0.15) is 169 Å². The topological polar surface area (TPSA) is 249 Å². The van der Waals surface area contributed by atoms with Gasteiger partial charge < -0.3 is 25.5 Å². The Morgan fingerprint density at radius 1 is 0.362 bits per heavy atom. The van der Waals surface area contributed by atoms with Crippen LogP contribution < -0.4 is 5.73 Å². The molecule has 0 saturated heterocycles. The summed E-state index contributed by atoms with van der Waals surface area (Å²) < 4.78 is 5.87. The molecular formula is C98H86Cl4N2O12. The normalized spacial score (nSPS) is 11.9. The molecule has 13 aromatic rings. The smallest absolute Gasteiger partial charge is 0.335 e. The van der Waals surface area contributed by atoms with E-state index in [0.717, 1.165) is 61.5 Å². The molecule has 0 aliphatic heterocycles. The highest BCUT2D eigenvalue weighted by Crippen LogP contribution is 2.32. The second-order valence-corrected chi connectivity index (χ2v) is 29.1. The Balaban J connectivity index is 0.000000171. The van der Waals surface area contributed by atoms with Crippen molar-refractivity contribution in [1.29, 1.82) is 0 Å². The van der Waals surface area contributed by atoms with Crippen molar-refractivity contribution in [1.82, 2.24) is 4.98 Å². The summed E-state index contributed by atoms with van der Waals surface area (Å²) in [5.74, 6) is -0.749. The van der Waals surface area contributed by atoms with Gasteiger partial charge in [0.15, 0.2) is 34.7 Å². The van der Waals surface area contributed by atoms with Crippen LogP contribution in [0.5, 0.6) is 0 Å². The van der Waals surface area contributed by atoms with Crippen molar-refractivity contribution in [2.75, 3.05) is 0 Å². The van der Waals surface area contributed by atoms with Crippen LogP contribution in [0.3, 0.4) is 0 Å². The maximum absolute atomic E-state index is 12.7. The molecule has 0 fully saturated rings. The lowest BCUT2D eigenvalue weighted by atomic mass is 9.87. The molecule has 0 saturated carbocycles. The van der Waals surface area contributed by atoms with E-state index in [0.29, 0.717) is 65.8 Å². The fraction of sp³-hybridized carbons (Fsp3) is 0.153. The zero-order chi connectivity index (χ0) is 83.2. The van der Waals surface area contributed by atoms with Crippen LogP contribution in [0.15, 0.2) is 320 Å². The molecule has 1 heterocycles. The van der Waals surface area contributed by atoms with E-state index in [4.69, 9.17) is 66.8 Å². The molecule has 13 rings (SSSR count). The predicted octanol–water partition coefficient (Wildman–Crippen LogP) is 22.1. The molecule has 116 heavy (non-hydrogen) atoms. The Morgan fingerprint density at radius 3 is 1.01 bits per heavy atom. The van der Waals surface area contributed by atoms with E-state index in [2.05, 4.69) is 4.98 Å². The SMILES string of the molecule is CC(=O)C(CC(=O)c1ccc(CC(=O)c2ccccc2Cl)cc1)c1ccccc1.CC(O)C(CC(=O)c1ccc(CC(=O)c2ccccc2Cl)cc1)c1ccccc1.CC(O)C(N)c1ccccc1.Cc1oc(-c2ccc(CC(=O)c3ccccc3Cl)cc2)nc1-c1ccccc1.O=C(O)c1ccc(CC(=O)c2ccccc2Cl)cc1. The number of nitrogens with zero attached hydrogens (tertiary/aromatic N) is 1. The largest absolute Gasteiger partial charge is 0.478 e. The Labute approximate surface area is 695 Å². The van der Waals surface area contributed by atoms with Crippen molar-refractivity contribution in [3.05, 3.63) is 419 Å². The van der Waals surface area contributed by atoms with E-state index >= 15 is 0 Å². The molecule has 0 radical (unpaired) electrons. The third-order valence-electron chi connectivity index (χ3n) is 19.0. The number of ketones is 7. The molecule has 5 N–H and O–H groups in total. The summed E-state index contributed by atoms with van der Waals surface area (Å²) in [6.45, 7) is 6.82. The predicted molar refractivity (Wildman–Crippen MR) is 460 cm³/mol. The van der Waals surface area contributed by atoms with Gasteiger partial charge in [0.2, 0.25) is 5.89 Å². The van der Waals surface area contributed by atoms with Crippen LogP contribution in [-0.2, 0) is 30.5 Å². The Bertz CT molecular complexity index is 5450. The number of carboxylic acids is 1. The lowest BCUT2D eigenvalue weighted by molar-refractivity contribution is -0.118. The van der Waals surface area contributed by atoms with Crippen molar-refractivity contribution >= 4 is 92.9 Å². The second-order valence-electron chi connectivity index (χ2n) is 27.5. The third-order valence-corrected chi connectivity index (χ3v) is 20.3. The Morgan fingerprint density at radius 2 is 0.672 bits per heavy atom. The van der Waals surface area contributed by atoms with Gasteiger partial charge in [0.05, 0.1) is 43.9 Å². The number of nitrogens with two attached hydrogens (primary N) is 1. The van der Waals surface area contributed by atoms with Gasteiger partial charge in [0.25, 0.3) is 0 Å². The van der Waals surface area contributed by atoms with E-state index in [1.807, 2.05) is 165 Å². The van der Waals surface area contributed by atoms with Gasteiger partial charge >= 0.3 is 5.97 Å². The van der Waals surface area contributed by atoms with Crippen LogP contribution in [0.2, 0.25) is 20.1 Å². The van der Waals surface area contributed by atoms with Crippen LogP contribution in [-0.4, -0.2) is 79.0 Å². The number of carbonyl (C=O) groups excluding carboxylic acids is 7. The zero-order valence-corrected chi connectivity index (χ0v) is 67.2. The number of Topliss-reactive ketones (excluding diaryl/α,β-unsaturated/α-hetero) is 7. The van der Waals surface area contributed by atoms with E-state index in [9.17, 15) is 43.5 Å². The molecule has 18 heteroatoms. The van der Waals surface area contributed by atoms with E-state index in [-0.39, 0.29) is 90.1 Å². The van der Waals surface area contributed by atoms with Crippen molar-refractivity contribution in [2.45, 2.75) is 96.3 Å². The number of carbonyl (C=O) groups is 8. The number of hydrogen-bond donors (Lipinski definition) is 4. The quantitative estimate of drug-likeness (QED) is 0.0350. The maximum atomic E-state index is 12.7. The minimum absolute atomic E-state index is 0.00307. The number of carboxylic acid groups (broad SMARTS) is 1. The highest BCUT2D eigenvalue weighted by molar-refractivity contribution is 6.35. The number of halogens is 4. The monoisotopic (exact) mass is 1620 g/mol. The molecule has 588 valence electrons. The first kappa shape index (κ1) is 88.0. The minimum atomic E-state index is -0.982. The van der Waals surface area contributed by atoms with E-state index < -0.39 is 24.1 Å². The number of aliphatic hydroxyl groups excluding tert-OH is 2. The average molecular weight is 1630 g/mol. The zero-order valence-electron chi connectivity index (χ0n) is 64.2. The highest BCUT2D eigenvalue weighted by atomic mass is 35.5. The number of aryl methyl sites for hydroxylation is 1. The Hall–Kier alpha value is -12.0. The summed E-state index contributed by atoms with van der Waals surface area (Å²) in [6.07, 6.45) is 0.146. The number of rotatable bonds is 27. The fourth-order valence-electron chi connectivity index (χ4n) is 12.4. The molecule has 0 spiro atoms. The number of benzene rings is 12. The van der Waals surface area contributed by atoms with Gasteiger partial charge in [0.1, 0.15) is 17.2 Å². The molecule has 0 aliphatic rings. The van der Waals surface area contributed by atoms with Gasteiger partial charge in [-0.2, -0.15) is 0 Å². The summed E-state index contributed by atoms with van der Waals surface area (Å²) in [4.78, 5) is 102. The third kappa shape index (κ3) is 26.0. The van der Waals surface area contributed by atoms with Gasteiger partial charge in [-0.15, -0.1) is 0 Å². The summed E-state index contributed by atoms with van der Waals surface area (Å²) in [5.41, 5.74) is 17.8. The standard InChI is InChI=1S/C25H23ClO3.C25H21ClO3.C24H18ClNO2.C15H11ClO3.C9H13NO/c2*1-17(27)22(19-7-3-2-4-8-19)16-24(28)20-13-11-18(12-14-20)15-25(29)21-9-5-6-10-23(21)26;1-16-23(18-7-3-2-4-8-18)26-24(28-16)19-13-11-17(12-14-19)15-22(27)20-9-5-6-10-21(20)25;16-13-4-2-1-3-12(13)14(17)9-10-5-7-11(8-6-10)15(18)19;1-7(11)9(10)8-5-3-2-4-6-8/h2-14,17,22,27H,15-16H2,1H3;2-14,22H,15-16H2,1H3;2-14H,15H2,1H3;1-8H,9H2,(H,18,19);2-7,9,11H,10H2,1H3. The van der Waals surface area contributed by atoms with E-state index in [1.165, 1.54) is 19.1 Å². The summed E-state index contributed by atoms with van der Waals surface area (Å²) in [7, 11) is 0.